The van der Waals surface area contributed by atoms with Crippen molar-refractivity contribution in [1.82, 2.24) is 9.97 Å². The minimum Gasteiger partial charge on any atom is -0.396 e. The molecule has 0 bridgehead atoms. The second kappa shape index (κ2) is 6.65. The van der Waals surface area contributed by atoms with Crippen molar-refractivity contribution >= 4 is 11.6 Å². The molecule has 1 aromatic rings. The largest absolute Gasteiger partial charge is 0.396 e. The van der Waals surface area contributed by atoms with Gasteiger partial charge in [0.15, 0.2) is 5.82 Å². The fraction of sp³-hybridized carbons (Fsp3) is 0.667. The van der Waals surface area contributed by atoms with Gasteiger partial charge in [0.1, 0.15) is 18.2 Å². The van der Waals surface area contributed by atoms with Crippen LogP contribution in [0, 0.1) is 5.92 Å². The molecule has 0 radical (unpaired) electrons. The molecule has 0 amide bonds. The number of rotatable bonds is 6. The highest BCUT2D eigenvalue weighted by Crippen LogP contribution is 2.23. The molecule has 1 unspecified atom stereocenters. The summed E-state index contributed by atoms with van der Waals surface area (Å²) >= 11 is 0. The molecule has 106 valence electrons. The first-order chi connectivity index (χ1) is 9.26. The van der Waals surface area contributed by atoms with Crippen LogP contribution in [0.5, 0.6) is 0 Å². The lowest BCUT2D eigenvalue weighted by atomic mass is 10.1. The van der Waals surface area contributed by atoms with Crippen LogP contribution in [0.1, 0.15) is 19.2 Å². The number of anilines is 2. The highest BCUT2D eigenvalue weighted by atomic mass is 16.5. The first kappa shape index (κ1) is 14.0. The van der Waals surface area contributed by atoms with Gasteiger partial charge < -0.3 is 20.2 Å². The van der Waals surface area contributed by atoms with Crippen LogP contribution in [0.3, 0.4) is 0 Å². The Morgan fingerprint density at radius 3 is 3.05 bits per heavy atom. The first-order valence-electron chi connectivity index (χ1n) is 6.55. The second-order valence-electron chi connectivity index (χ2n) is 4.59. The fourth-order valence-corrected chi connectivity index (χ4v) is 2.17. The molecule has 7 heteroatoms. The lowest BCUT2D eigenvalue weighted by Gasteiger charge is -2.18. The minimum absolute atomic E-state index is 0.218. The van der Waals surface area contributed by atoms with Gasteiger partial charge >= 0.3 is 0 Å². The molecule has 0 saturated carbocycles. The number of nitrogens with two attached hydrogens (primary N) is 1. The van der Waals surface area contributed by atoms with E-state index in [0.29, 0.717) is 30.8 Å². The van der Waals surface area contributed by atoms with Crippen LogP contribution >= 0.6 is 0 Å². The van der Waals surface area contributed by atoms with E-state index >= 15 is 0 Å². The smallest absolute Gasteiger partial charge is 0.158 e. The number of nitrogens with one attached hydrogen (secondary N) is 1. The number of hydrogen-bond donors (Lipinski definition) is 3. The average molecular weight is 267 g/mol. The molecule has 1 aromatic heterocycles. The van der Waals surface area contributed by atoms with E-state index in [1.165, 1.54) is 0 Å². The zero-order chi connectivity index (χ0) is 13.7. The van der Waals surface area contributed by atoms with Crippen molar-refractivity contribution in [3.05, 3.63) is 11.9 Å². The van der Waals surface area contributed by atoms with Gasteiger partial charge in [0.2, 0.25) is 0 Å². The minimum atomic E-state index is 0.218. The monoisotopic (exact) mass is 267 g/mol. The van der Waals surface area contributed by atoms with E-state index < -0.39 is 0 Å². The Kier molecular flexibility index (Phi) is 4.89. The van der Waals surface area contributed by atoms with Gasteiger partial charge in [-0.15, -0.1) is 0 Å². The van der Waals surface area contributed by atoms with Crippen molar-refractivity contribution in [2.24, 2.45) is 11.8 Å². The van der Waals surface area contributed by atoms with Gasteiger partial charge in [-0.05, 0) is 13.3 Å². The predicted molar refractivity (Wildman–Crippen MR) is 72.6 cm³/mol. The summed E-state index contributed by atoms with van der Waals surface area (Å²) in [6.45, 7) is 4.84. The van der Waals surface area contributed by atoms with E-state index in [-0.39, 0.29) is 6.61 Å². The molecule has 0 spiro atoms. The number of nitrogens with zero attached hydrogens (tertiary/aromatic N) is 3. The average Bonchev–Trinajstić information content (AvgIpc) is 2.93. The van der Waals surface area contributed by atoms with E-state index in [2.05, 4.69) is 20.3 Å². The lowest BCUT2D eigenvalue weighted by Crippen LogP contribution is -2.23. The maximum Gasteiger partial charge on any atom is 0.158 e. The molecule has 19 heavy (non-hydrogen) atoms. The van der Waals surface area contributed by atoms with Gasteiger partial charge in [-0.1, -0.05) is 0 Å². The SMILES string of the molecule is CCOCc1nc(NN)cc(N2CCC(CO)C2)n1. The van der Waals surface area contributed by atoms with E-state index in [4.69, 9.17) is 10.6 Å². The quantitative estimate of drug-likeness (QED) is 0.497. The Bertz CT molecular complexity index is 415. The van der Waals surface area contributed by atoms with Crippen molar-refractivity contribution in [2.45, 2.75) is 20.0 Å². The molecule has 1 aliphatic rings. The lowest BCUT2D eigenvalue weighted by molar-refractivity contribution is 0.128. The van der Waals surface area contributed by atoms with E-state index in [0.717, 1.165) is 25.3 Å². The van der Waals surface area contributed by atoms with Crippen molar-refractivity contribution in [2.75, 3.05) is 36.6 Å². The van der Waals surface area contributed by atoms with Crippen molar-refractivity contribution in [3.8, 4) is 0 Å². The van der Waals surface area contributed by atoms with Crippen LogP contribution < -0.4 is 16.2 Å². The van der Waals surface area contributed by atoms with Crippen LogP contribution in [0.2, 0.25) is 0 Å². The van der Waals surface area contributed by atoms with Gasteiger partial charge in [0.25, 0.3) is 0 Å². The Morgan fingerprint density at radius 2 is 2.42 bits per heavy atom. The molecular formula is C12H21N5O2. The zero-order valence-electron chi connectivity index (χ0n) is 11.2. The van der Waals surface area contributed by atoms with Crippen LogP contribution in [0.4, 0.5) is 11.6 Å². The summed E-state index contributed by atoms with van der Waals surface area (Å²) < 4.78 is 5.33. The third-order valence-electron chi connectivity index (χ3n) is 3.21. The third kappa shape index (κ3) is 3.52. The number of hydrazine groups is 1. The molecule has 1 fully saturated rings. The van der Waals surface area contributed by atoms with Crippen LogP contribution in [-0.4, -0.2) is 41.4 Å². The number of nitrogen functional groups attached to an aromatic ring is 1. The molecule has 2 heterocycles. The Labute approximate surface area is 112 Å². The van der Waals surface area contributed by atoms with Gasteiger partial charge in [0.05, 0.1) is 0 Å². The normalized spacial score (nSPS) is 18.9. The van der Waals surface area contributed by atoms with Gasteiger partial charge in [0, 0.05) is 38.3 Å². The molecule has 1 aliphatic heterocycles. The highest BCUT2D eigenvalue weighted by molar-refractivity contribution is 5.49. The maximum atomic E-state index is 9.19. The molecule has 1 atom stereocenters. The first-order valence-corrected chi connectivity index (χ1v) is 6.55. The molecule has 7 nitrogen and oxygen atoms in total. The summed E-state index contributed by atoms with van der Waals surface area (Å²) in [7, 11) is 0. The standard InChI is InChI=1S/C12H21N5O2/c1-2-19-8-11-14-10(16-13)5-12(15-11)17-4-3-9(6-17)7-18/h5,9,18H,2-4,6-8,13H2,1H3,(H,14,15,16). The van der Waals surface area contributed by atoms with E-state index in [1.807, 2.05) is 13.0 Å². The van der Waals surface area contributed by atoms with Crippen LogP contribution in [0.25, 0.3) is 0 Å². The Balaban J connectivity index is 2.14. The third-order valence-corrected chi connectivity index (χ3v) is 3.21. The summed E-state index contributed by atoms with van der Waals surface area (Å²) in [5.41, 5.74) is 2.55. The summed E-state index contributed by atoms with van der Waals surface area (Å²) in [5, 5.41) is 9.19. The molecule has 0 aromatic carbocycles. The summed E-state index contributed by atoms with van der Waals surface area (Å²) in [6.07, 6.45) is 0.979. The topological polar surface area (TPSA) is 96.5 Å². The molecule has 4 N–H and O–H groups in total. The van der Waals surface area contributed by atoms with E-state index in [9.17, 15) is 5.11 Å². The fourth-order valence-electron chi connectivity index (χ4n) is 2.17. The number of ether oxygens (including phenoxy) is 1. The van der Waals surface area contributed by atoms with Gasteiger partial charge in [-0.25, -0.2) is 15.8 Å². The predicted octanol–water partition coefficient (Wildman–Crippen LogP) is 0.117. The molecule has 0 aliphatic carbocycles. The highest BCUT2D eigenvalue weighted by Gasteiger charge is 2.23. The van der Waals surface area contributed by atoms with Gasteiger partial charge in [-0.2, -0.15) is 0 Å². The number of aromatic nitrogens is 2. The van der Waals surface area contributed by atoms with Crippen molar-refractivity contribution < 1.29 is 9.84 Å². The Hall–Kier alpha value is -1.44. The maximum absolute atomic E-state index is 9.19. The Morgan fingerprint density at radius 1 is 1.58 bits per heavy atom. The van der Waals surface area contributed by atoms with Crippen molar-refractivity contribution in [1.29, 1.82) is 0 Å². The molecular weight excluding hydrogens is 246 g/mol. The van der Waals surface area contributed by atoms with Crippen LogP contribution in [-0.2, 0) is 11.3 Å². The van der Waals surface area contributed by atoms with E-state index in [1.54, 1.807) is 0 Å². The van der Waals surface area contributed by atoms with Gasteiger partial charge in [-0.3, -0.25) is 0 Å². The number of aliphatic hydroxyl groups excluding tert-OH is 1. The molecule has 1 saturated heterocycles. The number of hydrogen-bond acceptors (Lipinski definition) is 7. The van der Waals surface area contributed by atoms with Crippen molar-refractivity contribution in [3.63, 3.8) is 0 Å². The zero-order valence-corrected chi connectivity index (χ0v) is 11.2. The second-order valence-corrected chi connectivity index (χ2v) is 4.59. The summed E-state index contributed by atoms with van der Waals surface area (Å²) in [4.78, 5) is 10.9. The summed E-state index contributed by atoms with van der Waals surface area (Å²) in [5.74, 6) is 7.76. The summed E-state index contributed by atoms with van der Waals surface area (Å²) in [6, 6.07) is 1.81. The number of aliphatic hydroxyl groups is 1. The van der Waals surface area contributed by atoms with Crippen LogP contribution in [0.15, 0.2) is 6.07 Å². The molecule has 2 rings (SSSR count).